The molecule has 1 aromatic carbocycles. The quantitative estimate of drug-likeness (QED) is 0.622. The molecule has 0 radical (unpaired) electrons. The van der Waals surface area contributed by atoms with Gasteiger partial charge in [-0.3, -0.25) is 9.59 Å². The van der Waals surface area contributed by atoms with Crippen LogP contribution in [0.2, 0.25) is 0 Å². The largest absolute Gasteiger partial charge is 0.461 e. The number of carbonyl (C=O) groups is 2. The Morgan fingerprint density at radius 3 is 2.66 bits per heavy atom. The maximum absolute atomic E-state index is 13.3. The zero-order chi connectivity index (χ0) is 21.1. The lowest BCUT2D eigenvalue weighted by Gasteiger charge is -2.11. The Bertz CT molecular complexity index is 1150. The van der Waals surface area contributed by atoms with Gasteiger partial charge in [-0.15, -0.1) is 11.3 Å². The van der Waals surface area contributed by atoms with Crippen LogP contribution in [0.1, 0.15) is 28.5 Å². The van der Waals surface area contributed by atoms with Crippen LogP contribution in [0.3, 0.4) is 0 Å². The summed E-state index contributed by atoms with van der Waals surface area (Å²) in [6.07, 6.45) is 0. The van der Waals surface area contributed by atoms with Gasteiger partial charge in [0.25, 0.3) is 11.5 Å². The van der Waals surface area contributed by atoms with Gasteiger partial charge in [0.2, 0.25) is 0 Å². The topological polar surface area (TPSA) is 99.5 Å². The van der Waals surface area contributed by atoms with Gasteiger partial charge in [-0.05, 0) is 44.0 Å². The number of aromatic nitrogens is 2. The van der Waals surface area contributed by atoms with E-state index in [-0.39, 0.29) is 24.3 Å². The first-order valence-corrected chi connectivity index (χ1v) is 9.83. The Kier molecular flexibility index (Phi) is 6.09. The predicted molar refractivity (Wildman–Crippen MR) is 111 cm³/mol. The lowest BCUT2D eigenvalue weighted by Crippen LogP contribution is -2.26. The SMILES string of the molecule is CCOC(=O)c1nn(-c2ccc(C)c(C)c2)c(=O)c2c(NC(=O)COC)scc12. The summed E-state index contributed by atoms with van der Waals surface area (Å²) in [6, 6.07) is 5.45. The zero-order valence-corrected chi connectivity index (χ0v) is 17.4. The van der Waals surface area contributed by atoms with Gasteiger partial charge < -0.3 is 14.8 Å². The number of nitrogens with one attached hydrogen (secondary N) is 1. The number of anilines is 1. The number of thiophene rings is 1. The summed E-state index contributed by atoms with van der Waals surface area (Å²) >= 11 is 1.14. The van der Waals surface area contributed by atoms with Crippen molar-refractivity contribution in [2.75, 3.05) is 25.6 Å². The molecular weight excluding hydrogens is 394 g/mol. The van der Waals surface area contributed by atoms with Crippen molar-refractivity contribution in [2.24, 2.45) is 0 Å². The number of amides is 1. The molecule has 3 rings (SSSR count). The number of methoxy groups -OCH3 is 1. The minimum Gasteiger partial charge on any atom is -0.461 e. The first-order valence-electron chi connectivity index (χ1n) is 8.95. The summed E-state index contributed by atoms with van der Waals surface area (Å²) in [5.41, 5.74) is 2.14. The molecule has 0 spiro atoms. The third-order valence-electron chi connectivity index (χ3n) is 4.38. The number of esters is 1. The van der Waals surface area contributed by atoms with Gasteiger partial charge >= 0.3 is 5.97 Å². The first kappa shape index (κ1) is 20.7. The van der Waals surface area contributed by atoms with Crippen molar-refractivity contribution in [3.63, 3.8) is 0 Å². The molecule has 2 heterocycles. The van der Waals surface area contributed by atoms with Gasteiger partial charge in [0.05, 0.1) is 17.7 Å². The number of benzene rings is 1. The minimum absolute atomic E-state index is 0.0168. The van der Waals surface area contributed by atoms with Crippen LogP contribution in [0.15, 0.2) is 28.4 Å². The number of hydrogen-bond donors (Lipinski definition) is 1. The average Bonchev–Trinajstić information content (AvgIpc) is 3.09. The van der Waals surface area contributed by atoms with Gasteiger partial charge in [0.1, 0.15) is 11.6 Å². The van der Waals surface area contributed by atoms with E-state index in [1.807, 2.05) is 26.0 Å². The standard InChI is InChI=1S/C20H21N3O5S/c1-5-28-20(26)17-14-10-29-18(21-15(24)9-27-4)16(14)19(25)23(22-17)13-7-6-11(2)12(3)8-13/h6-8,10H,5,9H2,1-4H3,(H,21,24). The first-order chi connectivity index (χ1) is 13.9. The molecule has 0 unspecified atom stereocenters. The lowest BCUT2D eigenvalue weighted by atomic mass is 10.1. The van der Waals surface area contributed by atoms with Crippen molar-refractivity contribution >= 4 is 39.0 Å². The molecule has 0 saturated carbocycles. The second-order valence-corrected chi connectivity index (χ2v) is 7.27. The monoisotopic (exact) mass is 415 g/mol. The van der Waals surface area contributed by atoms with Crippen molar-refractivity contribution in [1.29, 1.82) is 0 Å². The Morgan fingerprint density at radius 1 is 1.24 bits per heavy atom. The maximum atomic E-state index is 13.3. The molecule has 29 heavy (non-hydrogen) atoms. The molecule has 9 heteroatoms. The number of ether oxygens (including phenoxy) is 2. The van der Waals surface area contributed by atoms with E-state index in [4.69, 9.17) is 9.47 Å². The molecule has 152 valence electrons. The van der Waals surface area contributed by atoms with Gasteiger partial charge in [0, 0.05) is 17.9 Å². The fourth-order valence-electron chi connectivity index (χ4n) is 2.82. The third kappa shape index (κ3) is 4.06. The molecule has 1 N–H and O–H groups in total. The summed E-state index contributed by atoms with van der Waals surface area (Å²) in [5.74, 6) is -1.04. The normalized spacial score (nSPS) is 10.9. The number of fused-ring (bicyclic) bond motifs is 1. The summed E-state index contributed by atoms with van der Waals surface area (Å²) in [5, 5.41) is 9.44. The van der Waals surface area contributed by atoms with E-state index in [1.54, 1.807) is 18.4 Å². The van der Waals surface area contributed by atoms with E-state index >= 15 is 0 Å². The molecule has 8 nitrogen and oxygen atoms in total. The van der Waals surface area contributed by atoms with E-state index < -0.39 is 17.4 Å². The third-order valence-corrected chi connectivity index (χ3v) is 5.28. The van der Waals surface area contributed by atoms with Crippen LogP contribution < -0.4 is 10.9 Å². The molecule has 0 bridgehead atoms. The molecule has 0 aliphatic carbocycles. The lowest BCUT2D eigenvalue weighted by molar-refractivity contribution is -0.119. The summed E-state index contributed by atoms with van der Waals surface area (Å²) < 4.78 is 11.1. The van der Waals surface area contributed by atoms with Crippen LogP contribution >= 0.6 is 11.3 Å². The Balaban J connectivity index is 2.27. The van der Waals surface area contributed by atoms with Crippen LogP contribution in [0, 0.1) is 13.8 Å². The molecule has 0 saturated heterocycles. The Labute approximate surface area is 171 Å². The van der Waals surface area contributed by atoms with Crippen LogP contribution in [0.25, 0.3) is 16.5 Å². The predicted octanol–water partition coefficient (Wildman–Crippen LogP) is 2.83. The van der Waals surface area contributed by atoms with Crippen LogP contribution in [0.4, 0.5) is 5.00 Å². The van der Waals surface area contributed by atoms with Crippen molar-refractivity contribution in [2.45, 2.75) is 20.8 Å². The fourth-order valence-corrected chi connectivity index (χ4v) is 3.77. The van der Waals surface area contributed by atoms with Crippen molar-refractivity contribution in [3.05, 3.63) is 50.8 Å². The fraction of sp³-hybridized carbons (Fsp3) is 0.300. The van der Waals surface area contributed by atoms with Crippen molar-refractivity contribution in [1.82, 2.24) is 9.78 Å². The van der Waals surface area contributed by atoms with Crippen LogP contribution in [-0.4, -0.2) is 42.0 Å². The number of rotatable bonds is 6. The second kappa shape index (κ2) is 8.54. The van der Waals surface area contributed by atoms with E-state index in [1.165, 1.54) is 11.8 Å². The van der Waals surface area contributed by atoms with E-state index in [0.717, 1.165) is 22.5 Å². The molecule has 3 aromatic rings. The number of carbonyl (C=O) groups excluding carboxylic acids is 2. The van der Waals surface area contributed by atoms with Gasteiger partial charge in [0.15, 0.2) is 5.69 Å². The number of hydrogen-bond acceptors (Lipinski definition) is 7. The molecule has 0 fully saturated rings. The van der Waals surface area contributed by atoms with Crippen LogP contribution in [-0.2, 0) is 14.3 Å². The minimum atomic E-state index is -0.636. The molecule has 0 aliphatic heterocycles. The average molecular weight is 415 g/mol. The Hall–Kier alpha value is -3.04. The molecule has 2 aromatic heterocycles. The maximum Gasteiger partial charge on any atom is 0.359 e. The second-order valence-electron chi connectivity index (χ2n) is 6.39. The molecule has 1 amide bonds. The van der Waals surface area contributed by atoms with E-state index in [9.17, 15) is 14.4 Å². The highest BCUT2D eigenvalue weighted by atomic mass is 32.1. The highest BCUT2D eigenvalue weighted by Crippen LogP contribution is 2.30. The molecular formula is C20H21N3O5S. The van der Waals surface area contributed by atoms with Crippen molar-refractivity contribution < 1.29 is 19.1 Å². The zero-order valence-electron chi connectivity index (χ0n) is 16.6. The molecule has 0 atom stereocenters. The summed E-state index contributed by atoms with van der Waals surface area (Å²) in [7, 11) is 1.40. The van der Waals surface area contributed by atoms with Gasteiger partial charge in [-0.1, -0.05) is 6.07 Å². The highest BCUT2D eigenvalue weighted by molar-refractivity contribution is 7.16. The van der Waals surface area contributed by atoms with Gasteiger partial charge in [-0.2, -0.15) is 9.78 Å². The van der Waals surface area contributed by atoms with E-state index in [2.05, 4.69) is 10.4 Å². The number of nitrogens with zero attached hydrogens (tertiary/aromatic N) is 2. The molecule has 0 aliphatic rings. The van der Waals surface area contributed by atoms with Gasteiger partial charge in [-0.25, -0.2) is 4.79 Å². The highest BCUT2D eigenvalue weighted by Gasteiger charge is 2.23. The van der Waals surface area contributed by atoms with E-state index in [0.29, 0.717) is 16.1 Å². The van der Waals surface area contributed by atoms with Crippen LogP contribution in [0.5, 0.6) is 0 Å². The summed E-state index contributed by atoms with van der Waals surface area (Å²) in [6.45, 7) is 5.60. The smallest absolute Gasteiger partial charge is 0.359 e. The number of aryl methyl sites for hydroxylation is 2. The summed E-state index contributed by atoms with van der Waals surface area (Å²) in [4.78, 5) is 37.7. The van der Waals surface area contributed by atoms with Crippen molar-refractivity contribution in [3.8, 4) is 5.69 Å². The Morgan fingerprint density at radius 2 is 2.00 bits per heavy atom.